The minimum absolute atomic E-state index is 0.657. The summed E-state index contributed by atoms with van der Waals surface area (Å²) in [6, 6.07) is 70.4. The topological polar surface area (TPSA) is 52.9 Å². The van der Waals surface area contributed by atoms with Gasteiger partial charge in [-0.3, -0.25) is 8.97 Å². The summed E-state index contributed by atoms with van der Waals surface area (Å²) in [5, 5.41) is 3.58. The molecule has 6 nitrogen and oxygen atoms in total. The average molecular weight is 755 g/mol. The predicted octanol–water partition coefficient (Wildman–Crippen LogP) is 13.0. The molecule has 6 heteroatoms. The van der Waals surface area contributed by atoms with Gasteiger partial charge in [-0.2, -0.15) is 0 Å². The predicted molar refractivity (Wildman–Crippen MR) is 241 cm³/mol. The highest BCUT2D eigenvalue weighted by molar-refractivity contribution is 6.11. The highest BCUT2D eigenvalue weighted by Crippen LogP contribution is 2.37. The van der Waals surface area contributed by atoms with Gasteiger partial charge in [0.2, 0.25) is 0 Å². The molecule has 0 saturated carbocycles. The molecule has 0 N–H and O–H groups in total. The SMILES string of the molecule is c1ccc(-c2cc(-c3ccccc3)nc(-c3ccc4nc5c6ccccc6n(-c6ccc(-c7ccc8c(c7)c7ccccc7n8-c7ccccc7)cc6)c5n4c3)n2)cc1. The third kappa shape index (κ3) is 5.38. The number of imidazole rings is 1. The van der Waals surface area contributed by atoms with E-state index in [9.17, 15) is 0 Å². The quantitative estimate of drug-likeness (QED) is 0.170. The fourth-order valence-corrected chi connectivity index (χ4v) is 8.70. The van der Waals surface area contributed by atoms with Gasteiger partial charge in [0.05, 0.1) is 27.9 Å². The normalized spacial score (nSPS) is 11.7. The van der Waals surface area contributed by atoms with Crippen LogP contribution in [0.3, 0.4) is 0 Å². The molecule has 12 rings (SSSR count). The summed E-state index contributed by atoms with van der Waals surface area (Å²) in [5.41, 5.74) is 15.6. The van der Waals surface area contributed by atoms with Crippen molar-refractivity contribution in [3.05, 3.63) is 206 Å². The molecule has 0 fully saturated rings. The number of benzene rings is 7. The molecule has 5 heterocycles. The van der Waals surface area contributed by atoms with Crippen molar-refractivity contribution in [1.29, 1.82) is 0 Å². The summed E-state index contributed by atoms with van der Waals surface area (Å²) in [4.78, 5) is 15.5. The lowest BCUT2D eigenvalue weighted by atomic mass is 10.0. The summed E-state index contributed by atoms with van der Waals surface area (Å²) in [5.74, 6) is 0.657. The lowest BCUT2D eigenvalue weighted by Gasteiger charge is -2.12. The smallest absolute Gasteiger partial charge is 0.161 e. The molecule has 0 unspecified atom stereocenters. The van der Waals surface area contributed by atoms with Crippen LogP contribution in [0.4, 0.5) is 0 Å². The minimum atomic E-state index is 0.657. The number of hydrogen-bond donors (Lipinski definition) is 0. The maximum Gasteiger partial charge on any atom is 0.161 e. The first-order valence-electron chi connectivity index (χ1n) is 19.9. The van der Waals surface area contributed by atoms with Crippen LogP contribution >= 0.6 is 0 Å². The summed E-state index contributed by atoms with van der Waals surface area (Å²) < 4.78 is 6.87. The third-order valence-corrected chi connectivity index (χ3v) is 11.5. The molecule has 12 aromatic rings. The Morgan fingerprint density at radius 2 is 0.881 bits per heavy atom. The van der Waals surface area contributed by atoms with Crippen molar-refractivity contribution in [2.24, 2.45) is 0 Å². The average Bonchev–Trinajstić information content (AvgIpc) is 3.96. The maximum absolute atomic E-state index is 5.20. The van der Waals surface area contributed by atoms with E-state index in [1.807, 2.05) is 36.4 Å². The Hall–Kier alpha value is -8.09. The Balaban J connectivity index is 0.994. The van der Waals surface area contributed by atoms with E-state index in [1.165, 1.54) is 27.4 Å². The van der Waals surface area contributed by atoms with E-state index in [2.05, 4.69) is 184 Å². The number of nitrogens with zero attached hydrogens (tertiary/aromatic N) is 6. The van der Waals surface area contributed by atoms with E-state index in [1.54, 1.807) is 0 Å². The molecule has 0 aliphatic rings. The van der Waals surface area contributed by atoms with Crippen molar-refractivity contribution in [3.63, 3.8) is 0 Å². The molecule has 5 aromatic heterocycles. The first-order chi connectivity index (χ1) is 29.2. The van der Waals surface area contributed by atoms with Crippen LogP contribution < -0.4 is 0 Å². The number of fused-ring (bicyclic) bond motifs is 8. The molecule has 0 saturated heterocycles. The second kappa shape index (κ2) is 13.3. The molecule has 0 radical (unpaired) electrons. The number of pyridine rings is 1. The highest BCUT2D eigenvalue weighted by atomic mass is 15.1. The van der Waals surface area contributed by atoms with Gasteiger partial charge in [0.15, 0.2) is 11.5 Å². The number of hydrogen-bond acceptors (Lipinski definition) is 3. The van der Waals surface area contributed by atoms with E-state index >= 15 is 0 Å². The van der Waals surface area contributed by atoms with Crippen LogP contribution in [0.5, 0.6) is 0 Å². The van der Waals surface area contributed by atoms with E-state index in [0.717, 1.165) is 72.7 Å². The van der Waals surface area contributed by atoms with E-state index in [4.69, 9.17) is 15.0 Å². The Bertz CT molecular complexity index is 3470. The zero-order valence-corrected chi connectivity index (χ0v) is 31.8. The molecular weight excluding hydrogens is 721 g/mol. The molecule has 0 bridgehead atoms. The Labute approximate surface area is 339 Å². The summed E-state index contributed by atoms with van der Waals surface area (Å²) in [7, 11) is 0. The number of para-hydroxylation sites is 3. The van der Waals surface area contributed by atoms with Gasteiger partial charge < -0.3 is 4.57 Å². The second-order valence-electron chi connectivity index (χ2n) is 14.9. The fraction of sp³-hybridized carbons (Fsp3) is 0. The van der Waals surface area contributed by atoms with Gasteiger partial charge in [-0.15, -0.1) is 0 Å². The van der Waals surface area contributed by atoms with Crippen molar-refractivity contribution in [3.8, 4) is 56.4 Å². The molecule has 0 aliphatic carbocycles. The standard InChI is InChI=1S/C53H34N6/c1-4-14-36(15-5-1)45-33-46(37-16-6-2-7-17-37)55-52(54-45)39-27-31-50-56-51-43-21-11-13-23-48(43)59(53(51)57(50)34-39)41-28-24-35(25-29-41)38-26-30-49-44(32-38)42-20-10-12-22-47(42)58(49)40-18-8-3-9-19-40/h1-34H. The largest absolute Gasteiger partial charge is 0.309 e. The molecule has 0 amide bonds. The van der Waals surface area contributed by atoms with Crippen LogP contribution in [0.2, 0.25) is 0 Å². The molecule has 0 spiro atoms. The highest BCUT2D eigenvalue weighted by Gasteiger charge is 2.20. The number of aromatic nitrogens is 6. The van der Waals surface area contributed by atoms with Gasteiger partial charge in [-0.25, -0.2) is 15.0 Å². The van der Waals surface area contributed by atoms with E-state index in [-0.39, 0.29) is 0 Å². The zero-order valence-electron chi connectivity index (χ0n) is 31.8. The van der Waals surface area contributed by atoms with Crippen molar-refractivity contribution in [2.75, 3.05) is 0 Å². The molecular formula is C53H34N6. The van der Waals surface area contributed by atoms with Crippen molar-refractivity contribution >= 4 is 49.5 Å². The first-order valence-corrected chi connectivity index (χ1v) is 19.9. The van der Waals surface area contributed by atoms with Crippen LogP contribution in [0.15, 0.2) is 206 Å². The molecule has 276 valence electrons. The summed E-state index contributed by atoms with van der Waals surface area (Å²) in [6.07, 6.45) is 2.13. The van der Waals surface area contributed by atoms with Crippen LogP contribution in [0.1, 0.15) is 0 Å². The third-order valence-electron chi connectivity index (χ3n) is 11.5. The molecule has 7 aromatic carbocycles. The Kier molecular flexibility index (Phi) is 7.43. The van der Waals surface area contributed by atoms with Gasteiger partial charge in [0.1, 0.15) is 11.2 Å². The fourth-order valence-electron chi connectivity index (χ4n) is 8.70. The molecule has 59 heavy (non-hydrogen) atoms. The van der Waals surface area contributed by atoms with E-state index < -0.39 is 0 Å². The van der Waals surface area contributed by atoms with Crippen LogP contribution in [0, 0.1) is 0 Å². The second-order valence-corrected chi connectivity index (χ2v) is 14.9. The first kappa shape index (κ1) is 33.1. The van der Waals surface area contributed by atoms with Gasteiger partial charge in [-0.05, 0) is 77.9 Å². The van der Waals surface area contributed by atoms with Gasteiger partial charge in [-0.1, -0.05) is 133 Å². The van der Waals surface area contributed by atoms with Gasteiger partial charge in [0.25, 0.3) is 0 Å². The Morgan fingerprint density at radius 1 is 0.339 bits per heavy atom. The van der Waals surface area contributed by atoms with Crippen LogP contribution in [0.25, 0.3) is 106 Å². The maximum atomic E-state index is 5.20. The zero-order chi connectivity index (χ0) is 38.9. The lowest BCUT2D eigenvalue weighted by molar-refractivity contribution is 1.09. The van der Waals surface area contributed by atoms with Crippen LogP contribution in [-0.4, -0.2) is 28.5 Å². The van der Waals surface area contributed by atoms with Gasteiger partial charge >= 0.3 is 0 Å². The number of rotatable bonds is 6. The van der Waals surface area contributed by atoms with E-state index in [0.29, 0.717) is 5.82 Å². The van der Waals surface area contributed by atoms with Gasteiger partial charge in [0, 0.05) is 50.4 Å². The van der Waals surface area contributed by atoms with Crippen LogP contribution in [-0.2, 0) is 0 Å². The molecule has 0 aliphatic heterocycles. The van der Waals surface area contributed by atoms with Crippen molar-refractivity contribution < 1.29 is 0 Å². The lowest BCUT2D eigenvalue weighted by Crippen LogP contribution is -2.00. The van der Waals surface area contributed by atoms with Crippen molar-refractivity contribution in [1.82, 2.24) is 28.5 Å². The minimum Gasteiger partial charge on any atom is -0.309 e. The summed E-state index contributed by atoms with van der Waals surface area (Å²) >= 11 is 0. The Morgan fingerprint density at radius 3 is 1.58 bits per heavy atom. The molecule has 0 atom stereocenters. The monoisotopic (exact) mass is 754 g/mol. The van der Waals surface area contributed by atoms with Crippen molar-refractivity contribution in [2.45, 2.75) is 0 Å². The summed E-state index contributed by atoms with van der Waals surface area (Å²) in [6.45, 7) is 0.